The highest BCUT2D eigenvalue weighted by Gasteiger charge is 2.22. The van der Waals surface area contributed by atoms with Crippen LogP contribution in [-0.4, -0.2) is 33.7 Å². The van der Waals surface area contributed by atoms with Crippen LogP contribution in [0.5, 0.6) is 0 Å². The Balaban J connectivity index is 2.06. The summed E-state index contributed by atoms with van der Waals surface area (Å²) in [5.74, 6) is -1.05. The number of nitrogens with zero attached hydrogens (tertiary/aromatic N) is 1. The van der Waals surface area contributed by atoms with Gasteiger partial charge in [0.25, 0.3) is 0 Å². The van der Waals surface area contributed by atoms with Gasteiger partial charge in [-0.3, -0.25) is 9.10 Å². The maximum Gasteiger partial charge on any atom is 0.240 e. The summed E-state index contributed by atoms with van der Waals surface area (Å²) in [6, 6.07) is 13.2. The second kappa shape index (κ2) is 8.51. The first-order chi connectivity index (χ1) is 12.2. The lowest BCUT2D eigenvalue weighted by Crippen LogP contribution is -2.41. The highest BCUT2D eigenvalue weighted by molar-refractivity contribution is 7.92. The van der Waals surface area contributed by atoms with Gasteiger partial charge in [-0.2, -0.15) is 0 Å². The summed E-state index contributed by atoms with van der Waals surface area (Å²) in [4.78, 5) is 12.2. The molecule has 1 amide bonds. The van der Waals surface area contributed by atoms with Crippen molar-refractivity contribution in [2.24, 2.45) is 0 Å². The van der Waals surface area contributed by atoms with Gasteiger partial charge >= 0.3 is 0 Å². The van der Waals surface area contributed by atoms with Crippen LogP contribution in [0.2, 0.25) is 5.02 Å². The van der Waals surface area contributed by atoms with E-state index in [4.69, 9.17) is 11.6 Å². The highest BCUT2D eigenvalue weighted by Crippen LogP contribution is 2.24. The van der Waals surface area contributed by atoms with E-state index in [0.29, 0.717) is 6.54 Å². The molecule has 2 aromatic rings. The van der Waals surface area contributed by atoms with Crippen molar-refractivity contribution in [3.63, 3.8) is 0 Å². The lowest BCUT2D eigenvalue weighted by Gasteiger charge is -2.22. The van der Waals surface area contributed by atoms with Crippen LogP contribution in [-0.2, 0) is 14.8 Å². The van der Waals surface area contributed by atoms with Gasteiger partial charge < -0.3 is 5.32 Å². The Morgan fingerprint density at radius 1 is 1.23 bits per heavy atom. The first-order valence-electron chi connectivity index (χ1n) is 7.93. The van der Waals surface area contributed by atoms with Crippen LogP contribution in [0.15, 0.2) is 48.5 Å². The van der Waals surface area contributed by atoms with E-state index in [0.717, 1.165) is 22.2 Å². The van der Waals surface area contributed by atoms with E-state index in [-0.39, 0.29) is 16.6 Å². The van der Waals surface area contributed by atoms with Crippen molar-refractivity contribution in [3.8, 4) is 0 Å². The number of anilines is 1. The van der Waals surface area contributed by atoms with Crippen molar-refractivity contribution in [1.82, 2.24) is 5.32 Å². The van der Waals surface area contributed by atoms with E-state index in [1.807, 2.05) is 37.3 Å². The molecule has 2 rings (SSSR count). The number of benzene rings is 2. The molecular formula is C18H20ClFN2O3S. The van der Waals surface area contributed by atoms with Crippen molar-refractivity contribution in [2.75, 3.05) is 23.7 Å². The molecule has 0 aliphatic heterocycles. The van der Waals surface area contributed by atoms with E-state index >= 15 is 0 Å². The van der Waals surface area contributed by atoms with Crippen LogP contribution in [0.1, 0.15) is 18.4 Å². The van der Waals surface area contributed by atoms with Gasteiger partial charge in [-0.05, 0) is 29.7 Å². The van der Waals surface area contributed by atoms with Gasteiger partial charge in [0, 0.05) is 6.54 Å². The van der Waals surface area contributed by atoms with Crippen molar-refractivity contribution in [1.29, 1.82) is 0 Å². The summed E-state index contributed by atoms with van der Waals surface area (Å²) in [6.07, 6.45) is 0.976. The van der Waals surface area contributed by atoms with Crippen LogP contribution in [0.25, 0.3) is 0 Å². The lowest BCUT2D eigenvalue weighted by molar-refractivity contribution is -0.119. The number of hydrogen-bond donors (Lipinski definition) is 1. The number of nitrogens with one attached hydrogen (secondary N) is 1. The smallest absolute Gasteiger partial charge is 0.240 e. The topological polar surface area (TPSA) is 66.5 Å². The third-order valence-corrected chi connectivity index (χ3v) is 5.28. The molecule has 140 valence electrons. The van der Waals surface area contributed by atoms with Crippen LogP contribution in [0.3, 0.4) is 0 Å². The van der Waals surface area contributed by atoms with Crippen molar-refractivity contribution in [3.05, 3.63) is 64.9 Å². The normalized spacial score (nSPS) is 12.5. The average molecular weight is 399 g/mol. The molecule has 1 N–H and O–H groups in total. The summed E-state index contributed by atoms with van der Waals surface area (Å²) in [6.45, 7) is 1.91. The average Bonchev–Trinajstić information content (AvgIpc) is 2.60. The van der Waals surface area contributed by atoms with E-state index < -0.39 is 28.3 Å². The minimum atomic E-state index is -3.74. The molecule has 0 aliphatic rings. The van der Waals surface area contributed by atoms with Crippen LogP contribution >= 0.6 is 11.6 Å². The molecule has 0 radical (unpaired) electrons. The molecule has 26 heavy (non-hydrogen) atoms. The first kappa shape index (κ1) is 20.2. The molecule has 0 saturated carbocycles. The van der Waals surface area contributed by atoms with Gasteiger partial charge in [-0.1, -0.05) is 48.9 Å². The van der Waals surface area contributed by atoms with Crippen LogP contribution < -0.4 is 9.62 Å². The Kier molecular flexibility index (Phi) is 6.61. The monoisotopic (exact) mass is 398 g/mol. The maximum atomic E-state index is 13.3. The van der Waals surface area contributed by atoms with Gasteiger partial charge in [-0.15, -0.1) is 0 Å². The largest absolute Gasteiger partial charge is 0.354 e. The number of rotatable bonds is 7. The van der Waals surface area contributed by atoms with Gasteiger partial charge in [0.05, 0.1) is 17.0 Å². The second-order valence-corrected chi connectivity index (χ2v) is 8.30. The van der Waals surface area contributed by atoms with E-state index in [1.54, 1.807) is 0 Å². The minimum Gasteiger partial charge on any atom is -0.354 e. The number of amides is 1. The second-order valence-electron chi connectivity index (χ2n) is 5.98. The van der Waals surface area contributed by atoms with Gasteiger partial charge in [-0.25, -0.2) is 12.8 Å². The molecule has 0 aliphatic carbocycles. The van der Waals surface area contributed by atoms with E-state index in [2.05, 4.69) is 5.32 Å². The zero-order valence-electron chi connectivity index (χ0n) is 14.4. The molecule has 1 unspecified atom stereocenters. The molecule has 5 nitrogen and oxygen atoms in total. The molecule has 0 aromatic heterocycles. The summed E-state index contributed by atoms with van der Waals surface area (Å²) in [5.41, 5.74) is 1.20. The summed E-state index contributed by atoms with van der Waals surface area (Å²) in [5, 5.41) is 2.51. The molecule has 0 bridgehead atoms. The maximum absolute atomic E-state index is 13.3. The number of carbonyl (C=O) groups excluding carboxylic acids is 1. The third-order valence-electron chi connectivity index (χ3n) is 3.85. The fourth-order valence-corrected chi connectivity index (χ4v) is 3.42. The van der Waals surface area contributed by atoms with Crippen molar-refractivity contribution in [2.45, 2.75) is 12.8 Å². The molecular weight excluding hydrogens is 379 g/mol. The fraction of sp³-hybridized carbons (Fsp3) is 0.278. The number of sulfonamides is 1. The Morgan fingerprint density at radius 2 is 1.88 bits per heavy atom. The first-order valence-corrected chi connectivity index (χ1v) is 10.2. The van der Waals surface area contributed by atoms with Gasteiger partial charge in [0.2, 0.25) is 15.9 Å². The molecule has 2 aromatic carbocycles. The molecule has 0 heterocycles. The fourth-order valence-electron chi connectivity index (χ4n) is 2.39. The molecule has 1 atom stereocenters. The Bertz CT molecular complexity index is 875. The van der Waals surface area contributed by atoms with Crippen molar-refractivity contribution < 1.29 is 17.6 Å². The molecule has 0 spiro atoms. The van der Waals surface area contributed by atoms with Crippen LogP contribution in [0.4, 0.5) is 10.1 Å². The third kappa shape index (κ3) is 5.44. The number of halogens is 2. The van der Waals surface area contributed by atoms with Gasteiger partial charge in [0.15, 0.2) is 0 Å². The highest BCUT2D eigenvalue weighted by atomic mass is 35.5. The molecule has 8 heteroatoms. The van der Waals surface area contributed by atoms with Gasteiger partial charge in [0.1, 0.15) is 12.4 Å². The lowest BCUT2D eigenvalue weighted by atomic mass is 10.0. The molecule has 0 fully saturated rings. The number of carbonyl (C=O) groups is 1. The Morgan fingerprint density at radius 3 is 2.46 bits per heavy atom. The predicted molar refractivity (Wildman–Crippen MR) is 101 cm³/mol. The Hall–Kier alpha value is -2.12. The predicted octanol–water partition coefficient (Wildman–Crippen LogP) is 3.17. The standard InChI is InChI=1S/C18H20ClFN2O3S/c1-13(14-6-4-3-5-7-14)11-21-18(23)12-22(26(2,24)25)15-8-9-17(20)16(19)10-15/h3-10,13H,11-12H2,1-2H3,(H,21,23). The zero-order chi connectivity index (χ0) is 19.3. The summed E-state index contributed by atoms with van der Waals surface area (Å²) in [7, 11) is -3.74. The van der Waals surface area contributed by atoms with Crippen LogP contribution in [0, 0.1) is 5.82 Å². The minimum absolute atomic E-state index is 0.0760. The van der Waals surface area contributed by atoms with E-state index in [9.17, 15) is 17.6 Å². The quantitative estimate of drug-likeness (QED) is 0.779. The van der Waals surface area contributed by atoms with Crippen molar-refractivity contribution >= 4 is 33.2 Å². The summed E-state index contributed by atoms with van der Waals surface area (Å²) >= 11 is 5.72. The number of hydrogen-bond acceptors (Lipinski definition) is 3. The summed E-state index contributed by atoms with van der Waals surface area (Å²) < 4.78 is 38.3. The SMILES string of the molecule is CC(CNC(=O)CN(c1ccc(F)c(Cl)c1)S(C)(=O)=O)c1ccccc1. The zero-order valence-corrected chi connectivity index (χ0v) is 16.0. The Labute approximate surface area is 157 Å². The molecule has 0 saturated heterocycles. The van der Waals surface area contributed by atoms with E-state index in [1.165, 1.54) is 12.1 Å².